The molecular weight excluding hydrogens is 368 g/mol. The second-order valence-corrected chi connectivity index (χ2v) is 6.86. The predicted octanol–water partition coefficient (Wildman–Crippen LogP) is 4.86. The number of nitrogens with one attached hydrogen (secondary N) is 1. The van der Waals surface area contributed by atoms with Gasteiger partial charge in [-0.2, -0.15) is 0 Å². The van der Waals surface area contributed by atoms with Gasteiger partial charge in [0.05, 0.1) is 6.61 Å². The van der Waals surface area contributed by atoms with Gasteiger partial charge in [-0.3, -0.25) is 10.1 Å². The molecule has 0 radical (unpaired) electrons. The van der Waals surface area contributed by atoms with Crippen molar-refractivity contribution in [3.8, 4) is 16.2 Å². The van der Waals surface area contributed by atoms with Crippen LogP contribution in [0.2, 0.25) is 0 Å². The maximum absolute atomic E-state index is 12.6. The molecule has 0 aliphatic carbocycles. The van der Waals surface area contributed by atoms with Gasteiger partial charge in [-0.1, -0.05) is 41.7 Å². The highest BCUT2D eigenvalue weighted by Gasteiger charge is 2.21. The van der Waals surface area contributed by atoms with E-state index in [1.807, 2.05) is 37.3 Å². The smallest absolute Gasteiger partial charge is 0.291 e. The molecule has 0 bridgehead atoms. The van der Waals surface area contributed by atoms with Gasteiger partial charge < -0.3 is 4.74 Å². The Bertz CT molecular complexity index is 865. The zero-order valence-corrected chi connectivity index (χ0v) is 14.7. The summed E-state index contributed by atoms with van der Waals surface area (Å²) < 4.78 is 30.7. The molecule has 0 atom stereocenters. The Morgan fingerprint density at radius 3 is 2.64 bits per heavy atom. The van der Waals surface area contributed by atoms with Crippen LogP contribution in [0.4, 0.5) is 13.9 Å². The standard InChI is InChI=1S/C16H13F2N3O2S2/c1-2-23-10-8-11(9-6-4-3-5-7-9)24-12(10)14(22)19-16-21-20-15(25-16)13(17)18/h3-8,13H,2H2,1H3,(H,19,21,22). The topological polar surface area (TPSA) is 64.1 Å². The number of ether oxygens (including phenoxy) is 1. The van der Waals surface area contributed by atoms with E-state index in [1.54, 1.807) is 6.07 Å². The summed E-state index contributed by atoms with van der Waals surface area (Å²) >= 11 is 1.91. The Kier molecular flexibility index (Phi) is 5.34. The molecule has 0 aliphatic rings. The summed E-state index contributed by atoms with van der Waals surface area (Å²) in [7, 11) is 0. The minimum atomic E-state index is -2.71. The molecule has 5 nitrogen and oxygen atoms in total. The number of carbonyl (C=O) groups is 1. The van der Waals surface area contributed by atoms with E-state index in [0.29, 0.717) is 28.6 Å². The fourth-order valence-electron chi connectivity index (χ4n) is 2.07. The number of benzene rings is 1. The van der Waals surface area contributed by atoms with E-state index in [2.05, 4.69) is 15.5 Å². The quantitative estimate of drug-likeness (QED) is 0.663. The van der Waals surface area contributed by atoms with Crippen molar-refractivity contribution in [3.05, 3.63) is 46.3 Å². The Hall–Kier alpha value is -2.39. The Balaban J connectivity index is 1.86. The van der Waals surface area contributed by atoms with E-state index in [0.717, 1.165) is 10.4 Å². The van der Waals surface area contributed by atoms with Gasteiger partial charge in [0.15, 0.2) is 5.01 Å². The highest BCUT2D eigenvalue weighted by Crippen LogP contribution is 2.37. The third kappa shape index (κ3) is 3.99. The Morgan fingerprint density at radius 1 is 1.24 bits per heavy atom. The first-order valence-electron chi connectivity index (χ1n) is 7.33. The van der Waals surface area contributed by atoms with E-state index < -0.39 is 17.3 Å². The first kappa shape index (κ1) is 17.4. The van der Waals surface area contributed by atoms with Crippen molar-refractivity contribution in [1.29, 1.82) is 0 Å². The average molecular weight is 381 g/mol. The molecule has 1 N–H and O–H groups in total. The van der Waals surface area contributed by atoms with E-state index in [9.17, 15) is 13.6 Å². The second kappa shape index (κ2) is 7.66. The number of aromatic nitrogens is 2. The monoisotopic (exact) mass is 381 g/mol. The van der Waals surface area contributed by atoms with Crippen molar-refractivity contribution in [2.45, 2.75) is 13.3 Å². The lowest BCUT2D eigenvalue weighted by Crippen LogP contribution is -2.11. The molecule has 0 unspecified atom stereocenters. The van der Waals surface area contributed by atoms with Crippen LogP contribution in [0.5, 0.6) is 5.75 Å². The molecule has 0 fully saturated rings. The number of hydrogen-bond donors (Lipinski definition) is 1. The number of thiophene rings is 1. The summed E-state index contributed by atoms with van der Waals surface area (Å²) in [6, 6.07) is 11.4. The van der Waals surface area contributed by atoms with Crippen molar-refractivity contribution in [2.75, 3.05) is 11.9 Å². The van der Waals surface area contributed by atoms with E-state index in [4.69, 9.17) is 4.74 Å². The second-order valence-electron chi connectivity index (χ2n) is 4.80. The molecule has 1 amide bonds. The van der Waals surface area contributed by atoms with Gasteiger partial charge in [0.2, 0.25) is 5.13 Å². The van der Waals surface area contributed by atoms with Crippen LogP contribution in [0.3, 0.4) is 0 Å². The van der Waals surface area contributed by atoms with Crippen molar-refractivity contribution in [1.82, 2.24) is 10.2 Å². The zero-order valence-electron chi connectivity index (χ0n) is 13.0. The summed E-state index contributed by atoms with van der Waals surface area (Å²) in [5.41, 5.74) is 0.961. The van der Waals surface area contributed by atoms with Crippen molar-refractivity contribution < 1.29 is 18.3 Å². The molecule has 2 aromatic heterocycles. The molecule has 3 aromatic rings. The SMILES string of the molecule is CCOc1cc(-c2ccccc2)sc1C(=O)Nc1nnc(C(F)F)s1. The number of hydrogen-bond acceptors (Lipinski definition) is 6. The minimum absolute atomic E-state index is 0.0254. The lowest BCUT2D eigenvalue weighted by atomic mass is 10.2. The first-order chi connectivity index (χ1) is 12.1. The summed E-state index contributed by atoms with van der Waals surface area (Å²) in [6.07, 6.45) is -2.71. The van der Waals surface area contributed by atoms with Gasteiger partial charge in [-0.15, -0.1) is 21.5 Å². The molecule has 0 spiro atoms. The maximum Gasteiger partial charge on any atom is 0.291 e. The first-order valence-corrected chi connectivity index (χ1v) is 8.96. The minimum Gasteiger partial charge on any atom is -0.492 e. The molecule has 2 heterocycles. The average Bonchev–Trinajstić information content (AvgIpc) is 3.23. The molecule has 0 aliphatic heterocycles. The largest absolute Gasteiger partial charge is 0.492 e. The van der Waals surface area contributed by atoms with E-state index >= 15 is 0 Å². The van der Waals surface area contributed by atoms with Crippen molar-refractivity contribution in [2.24, 2.45) is 0 Å². The number of alkyl halides is 2. The highest BCUT2D eigenvalue weighted by molar-refractivity contribution is 7.18. The third-order valence-electron chi connectivity index (χ3n) is 3.11. The molecule has 130 valence electrons. The van der Waals surface area contributed by atoms with Gasteiger partial charge in [-0.25, -0.2) is 8.78 Å². The van der Waals surface area contributed by atoms with Crippen LogP contribution >= 0.6 is 22.7 Å². The lowest BCUT2D eigenvalue weighted by Gasteiger charge is -2.03. The number of amides is 1. The van der Waals surface area contributed by atoms with Crippen molar-refractivity contribution >= 4 is 33.7 Å². The van der Waals surface area contributed by atoms with Crippen LogP contribution in [-0.4, -0.2) is 22.7 Å². The molecule has 3 rings (SSSR count). The van der Waals surface area contributed by atoms with Crippen LogP contribution in [-0.2, 0) is 0 Å². The van der Waals surface area contributed by atoms with Gasteiger partial charge >= 0.3 is 0 Å². The number of nitrogens with zero attached hydrogens (tertiary/aromatic N) is 2. The summed E-state index contributed by atoms with van der Waals surface area (Å²) in [5.74, 6) is -0.0185. The summed E-state index contributed by atoms with van der Waals surface area (Å²) in [4.78, 5) is 13.7. The van der Waals surface area contributed by atoms with Crippen LogP contribution in [0.25, 0.3) is 10.4 Å². The van der Waals surface area contributed by atoms with Gasteiger partial charge in [0.1, 0.15) is 10.6 Å². The molecule has 9 heteroatoms. The zero-order chi connectivity index (χ0) is 17.8. The normalized spacial score (nSPS) is 10.9. The van der Waals surface area contributed by atoms with Gasteiger partial charge in [0.25, 0.3) is 12.3 Å². The lowest BCUT2D eigenvalue weighted by molar-refractivity contribution is 0.102. The summed E-state index contributed by atoms with van der Waals surface area (Å²) in [6.45, 7) is 2.22. The van der Waals surface area contributed by atoms with Crippen LogP contribution in [0.15, 0.2) is 36.4 Å². The fraction of sp³-hybridized carbons (Fsp3) is 0.188. The van der Waals surface area contributed by atoms with Crippen LogP contribution < -0.4 is 10.1 Å². The Labute approximate surface area is 150 Å². The highest BCUT2D eigenvalue weighted by atomic mass is 32.1. The number of halogens is 2. The molecule has 1 aromatic carbocycles. The van der Waals surface area contributed by atoms with Crippen LogP contribution in [0, 0.1) is 0 Å². The third-order valence-corrected chi connectivity index (χ3v) is 5.12. The number of rotatable bonds is 6. The van der Waals surface area contributed by atoms with Gasteiger partial charge in [0, 0.05) is 4.88 Å². The van der Waals surface area contributed by atoms with Crippen molar-refractivity contribution in [3.63, 3.8) is 0 Å². The molecule has 0 saturated heterocycles. The number of anilines is 1. The van der Waals surface area contributed by atoms with E-state index in [1.165, 1.54) is 11.3 Å². The maximum atomic E-state index is 12.6. The molecular formula is C16H13F2N3O2S2. The number of carbonyl (C=O) groups excluding carboxylic acids is 1. The molecule has 25 heavy (non-hydrogen) atoms. The van der Waals surface area contributed by atoms with Gasteiger partial charge in [-0.05, 0) is 18.6 Å². The van der Waals surface area contributed by atoms with E-state index in [-0.39, 0.29) is 5.13 Å². The molecule has 0 saturated carbocycles. The summed E-state index contributed by atoms with van der Waals surface area (Å²) in [5, 5.41) is 9.01. The Morgan fingerprint density at radius 2 is 2.00 bits per heavy atom. The van der Waals surface area contributed by atoms with Crippen LogP contribution in [0.1, 0.15) is 28.0 Å². The fourth-order valence-corrected chi connectivity index (χ4v) is 3.66. The predicted molar refractivity (Wildman–Crippen MR) is 93.7 cm³/mol.